The van der Waals surface area contributed by atoms with Crippen LogP contribution in [0.25, 0.3) is 0 Å². The van der Waals surface area contributed by atoms with Gasteiger partial charge < -0.3 is 19.8 Å². The highest BCUT2D eigenvalue weighted by Gasteiger charge is 1.68. The monoisotopic (exact) mass is 181 g/mol. The zero-order valence-corrected chi connectivity index (χ0v) is 8.15. The van der Waals surface area contributed by atoms with Crippen molar-refractivity contribution < 1.29 is 19.7 Å². The zero-order valence-electron chi connectivity index (χ0n) is 8.15. The Morgan fingerprint density at radius 3 is 1.42 bits per heavy atom. The lowest BCUT2D eigenvalue weighted by molar-refractivity contribution is -0.115. The van der Waals surface area contributed by atoms with Crippen LogP contribution in [0, 0.1) is 0 Å². The van der Waals surface area contributed by atoms with Crippen LogP contribution in [0.2, 0.25) is 0 Å². The Balaban J connectivity index is -0.000000105. The molecular weight excluding hydrogens is 162 g/mol. The number of ether oxygens (including phenoxy) is 1. The van der Waals surface area contributed by atoms with Gasteiger partial charge in [0.2, 0.25) is 6.41 Å². The standard InChI is InChI=1S/C3H7NO.C2H6O2.C2H6O/c1-4(2)3-5;3-1-2-4;1-3-2/h3H,1-2H3;3-4H,1-2H2;1-2H3. The van der Waals surface area contributed by atoms with Crippen molar-refractivity contribution >= 4 is 6.41 Å². The van der Waals surface area contributed by atoms with Gasteiger partial charge in [-0.25, -0.2) is 0 Å². The summed E-state index contributed by atoms with van der Waals surface area (Å²) in [6, 6.07) is 0. The van der Waals surface area contributed by atoms with E-state index in [4.69, 9.17) is 10.2 Å². The summed E-state index contributed by atoms with van der Waals surface area (Å²) in [5.74, 6) is 0. The van der Waals surface area contributed by atoms with Gasteiger partial charge in [-0.2, -0.15) is 0 Å². The van der Waals surface area contributed by atoms with Crippen LogP contribution < -0.4 is 0 Å². The van der Waals surface area contributed by atoms with Crippen molar-refractivity contribution in [2.45, 2.75) is 0 Å². The van der Waals surface area contributed by atoms with E-state index in [9.17, 15) is 4.79 Å². The summed E-state index contributed by atoms with van der Waals surface area (Å²) in [5, 5.41) is 15.2. The Kier molecular flexibility index (Phi) is 32.6. The van der Waals surface area contributed by atoms with Crippen LogP contribution in [0.3, 0.4) is 0 Å². The van der Waals surface area contributed by atoms with E-state index in [1.165, 1.54) is 4.90 Å². The van der Waals surface area contributed by atoms with Crippen LogP contribution in [0.5, 0.6) is 0 Å². The molecule has 2 N–H and O–H groups in total. The SMILES string of the molecule is CN(C)C=O.COC.OCCO. The molecule has 0 unspecified atom stereocenters. The highest BCUT2D eigenvalue weighted by molar-refractivity contribution is 5.45. The number of aliphatic hydroxyl groups excluding tert-OH is 2. The number of carbonyl (C=O) groups excluding carboxylic acids is 1. The molecule has 0 aromatic rings. The Bertz CT molecular complexity index is 66.4. The number of hydrogen-bond donors (Lipinski definition) is 2. The predicted octanol–water partition coefficient (Wildman–Crippen LogP) is -1.06. The molecule has 12 heavy (non-hydrogen) atoms. The summed E-state index contributed by atoms with van der Waals surface area (Å²) in [6.07, 6.45) is 0.750. The topological polar surface area (TPSA) is 70.0 Å². The van der Waals surface area contributed by atoms with Gasteiger partial charge >= 0.3 is 0 Å². The van der Waals surface area contributed by atoms with E-state index in [2.05, 4.69) is 4.74 Å². The van der Waals surface area contributed by atoms with Crippen LogP contribution in [0.15, 0.2) is 0 Å². The minimum Gasteiger partial charge on any atom is -0.394 e. The quantitative estimate of drug-likeness (QED) is 0.533. The average molecular weight is 181 g/mol. The molecule has 0 spiro atoms. The Hall–Kier alpha value is -0.650. The second kappa shape index (κ2) is 22.4. The first-order valence-electron chi connectivity index (χ1n) is 3.34. The van der Waals surface area contributed by atoms with Crippen molar-refractivity contribution in [2.75, 3.05) is 41.5 Å². The molecule has 0 rings (SSSR count). The molecule has 0 aromatic heterocycles. The number of methoxy groups -OCH3 is 1. The Morgan fingerprint density at radius 2 is 1.42 bits per heavy atom. The normalized spacial score (nSPS) is 6.83. The predicted molar refractivity (Wildman–Crippen MR) is 46.9 cm³/mol. The summed E-state index contributed by atoms with van der Waals surface area (Å²) in [4.78, 5) is 10.9. The van der Waals surface area contributed by atoms with Crippen molar-refractivity contribution in [1.29, 1.82) is 0 Å². The Labute approximate surface area is 73.6 Å². The lowest BCUT2D eigenvalue weighted by Gasteiger charge is -1.93. The third-order valence-corrected chi connectivity index (χ3v) is 0.311. The fourth-order valence-electron chi connectivity index (χ4n) is 0. The molecule has 5 heteroatoms. The van der Waals surface area contributed by atoms with Crippen LogP contribution in [-0.2, 0) is 9.53 Å². The van der Waals surface area contributed by atoms with Crippen LogP contribution in [0.4, 0.5) is 0 Å². The molecule has 0 radical (unpaired) electrons. The second-order valence-electron chi connectivity index (χ2n) is 1.92. The van der Waals surface area contributed by atoms with E-state index in [1.807, 2.05) is 0 Å². The van der Waals surface area contributed by atoms with E-state index in [1.54, 1.807) is 28.3 Å². The molecule has 0 aliphatic heterocycles. The Morgan fingerprint density at radius 1 is 1.25 bits per heavy atom. The summed E-state index contributed by atoms with van der Waals surface area (Å²) in [7, 11) is 6.62. The van der Waals surface area contributed by atoms with Crippen LogP contribution in [-0.4, -0.2) is 63.1 Å². The molecule has 0 bridgehead atoms. The first-order chi connectivity index (χ1) is 5.60. The van der Waals surface area contributed by atoms with Gasteiger partial charge in [0.15, 0.2) is 0 Å². The fourth-order valence-corrected chi connectivity index (χ4v) is 0. The molecule has 5 nitrogen and oxygen atoms in total. The first kappa shape index (κ1) is 17.4. The zero-order chi connectivity index (χ0) is 10.4. The van der Waals surface area contributed by atoms with Crippen molar-refractivity contribution in [1.82, 2.24) is 4.90 Å². The first-order valence-corrected chi connectivity index (χ1v) is 3.34. The molecule has 1 amide bonds. The molecule has 76 valence electrons. The van der Waals surface area contributed by atoms with Crippen LogP contribution in [0.1, 0.15) is 0 Å². The maximum absolute atomic E-state index is 9.43. The van der Waals surface area contributed by atoms with Crippen molar-refractivity contribution in [3.63, 3.8) is 0 Å². The van der Waals surface area contributed by atoms with Gasteiger partial charge in [0.25, 0.3) is 0 Å². The molecule has 0 aliphatic carbocycles. The molecule has 0 aliphatic rings. The van der Waals surface area contributed by atoms with Gasteiger partial charge in [-0.1, -0.05) is 0 Å². The molecule has 0 aromatic carbocycles. The summed E-state index contributed by atoms with van der Waals surface area (Å²) in [6.45, 7) is -0.250. The summed E-state index contributed by atoms with van der Waals surface area (Å²) < 4.78 is 4.25. The van der Waals surface area contributed by atoms with Gasteiger partial charge in [0.1, 0.15) is 0 Å². The number of carbonyl (C=O) groups is 1. The maximum Gasteiger partial charge on any atom is 0.209 e. The second-order valence-corrected chi connectivity index (χ2v) is 1.92. The largest absolute Gasteiger partial charge is 0.394 e. The minimum absolute atomic E-state index is 0.125. The number of nitrogens with zero attached hydrogens (tertiary/aromatic N) is 1. The maximum atomic E-state index is 9.43. The molecule has 0 fully saturated rings. The van der Waals surface area contributed by atoms with E-state index in [0.29, 0.717) is 0 Å². The third-order valence-electron chi connectivity index (χ3n) is 0.311. The van der Waals surface area contributed by atoms with Crippen molar-refractivity contribution in [2.24, 2.45) is 0 Å². The number of amides is 1. The highest BCUT2D eigenvalue weighted by atomic mass is 16.4. The van der Waals surface area contributed by atoms with Crippen LogP contribution >= 0.6 is 0 Å². The minimum atomic E-state index is -0.125. The van der Waals surface area contributed by atoms with E-state index < -0.39 is 0 Å². The fraction of sp³-hybridized carbons (Fsp3) is 0.857. The van der Waals surface area contributed by atoms with Gasteiger partial charge in [-0.15, -0.1) is 0 Å². The van der Waals surface area contributed by atoms with Crippen molar-refractivity contribution in [3.8, 4) is 0 Å². The summed E-state index contributed by atoms with van der Waals surface area (Å²) in [5.41, 5.74) is 0. The van der Waals surface area contributed by atoms with Gasteiger partial charge in [-0.3, -0.25) is 4.79 Å². The number of aliphatic hydroxyl groups is 2. The molecule has 0 heterocycles. The molecule has 0 atom stereocenters. The average Bonchev–Trinajstić information content (AvgIpc) is 2.06. The third kappa shape index (κ3) is 118. The lowest BCUT2D eigenvalue weighted by atomic mass is 10.8. The number of rotatable bonds is 2. The summed E-state index contributed by atoms with van der Waals surface area (Å²) >= 11 is 0. The van der Waals surface area contributed by atoms with Gasteiger partial charge in [0, 0.05) is 28.3 Å². The number of hydrogen-bond acceptors (Lipinski definition) is 4. The smallest absolute Gasteiger partial charge is 0.209 e. The highest BCUT2D eigenvalue weighted by Crippen LogP contribution is 1.52. The van der Waals surface area contributed by atoms with Gasteiger partial charge in [0.05, 0.1) is 13.2 Å². The molecule has 0 saturated carbocycles. The molecular formula is C7H19NO4. The van der Waals surface area contributed by atoms with Gasteiger partial charge in [-0.05, 0) is 0 Å². The van der Waals surface area contributed by atoms with E-state index in [0.717, 1.165) is 6.41 Å². The van der Waals surface area contributed by atoms with Crippen molar-refractivity contribution in [3.05, 3.63) is 0 Å². The lowest BCUT2D eigenvalue weighted by Crippen LogP contribution is -2.06. The van der Waals surface area contributed by atoms with E-state index >= 15 is 0 Å². The van der Waals surface area contributed by atoms with E-state index in [-0.39, 0.29) is 13.2 Å². The molecule has 0 saturated heterocycles.